The fraction of sp³-hybridized carbons (Fsp3) is 0.526. The van der Waals surface area contributed by atoms with Crippen molar-refractivity contribution in [2.75, 3.05) is 13.1 Å². The molecule has 3 amide bonds. The molecular formula is C19H23N3O3. The lowest BCUT2D eigenvalue weighted by Crippen LogP contribution is -2.45. The van der Waals surface area contributed by atoms with Gasteiger partial charge in [0.15, 0.2) is 0 Å². The molecule has 3 atom stereocenters. The maximum absolute atomic E-state index is 12.4. The van der Waals surface area contributed by atoms with E-state index in [1.807, 2.05) is 0 Å². The summed E-state index contributed by atoms with van der Waals surface area (Å²) < 4.78 is 0. The first kappa shape index (κ1) is 16.3. The molecule has 25 heavy (non-hydrogen) atoms. The van der Waals surface area contributed by atoms with E-state index in [-0.39, 0.29) is 36.9 Å². The number of benzene rings is 1. The molecule has 6 heteroatoms. The third-order valence-corrected chi connectivity index (χ3v) is 5.69. The number of rotatable bonds is 4. The molecule has 2 heterocycles. The predicted molar refractivity (Wildman–Crippen MR) is 92.1 cm³/mol. The van der Waals surface area contributed by atoms with Gasteiger partial charge in [0.1, 0.15) is 0 Å². The van der Waals surface area contributed by atoms with Crippen molar-refractivity contribution in [1.82, 2.24) is 15.5 Å². The van der Waals surface area contributed by atoms with E-state index in [0.717, 1.165) is 12.8 Å². The molecule has 2 N–H and O–H groups in total. The zero-order valence-electron chi connectivity index (χ0n) is 14.2. The highest BCUT2D eigenvalue weighted by atomic mass is 16.2. The number of hydrogen-bond acceptors (Lipinski definition) is 4. The fourth-order valence-corrected chi connectivity index (χ4v) is 4.38. The molecule has 1 saturated carbocycles. The van der Waals surface area contributed by atoms with E-state index in [9.17, 15) is 14.4 Å². The van der Waals surface area contributed by atoms with Crippen LogP contribution in [0.1, 0.15) is 52.8 Å². The monoisotopic (exact) mass is 341 g/mol. The zero-order valence-corrected chi connectivity index (χ0v) is 14.2. The third kappa shape index (κ3) is 2.95. The smallest absolute Gasteiger partial charge is 0.261 e. The SMILES string of the molecule is O=C(NCCN1C(=O)c2ccccc2C1=O)C1CC2CCCCC2N1. The summed E-state index contributed by atoms with van der Waals surface area (Å²) in [5.74, 6) is 0.0338. The van der Waals surface area contributed by atoms with Crippen LogP contribution >= 0.6 is 0 Å². The molecule has 1 aromatic carbocycles. The molecule has 0 radical (unpaired) electrons. The molecule has 3 aliphatic rings. The molecular weight excluding hydrogens is 318 g/mol. The number of imide groups is 1. The highest BCUT2D eigenvalue weighted by Gasteiger charge is 2.38. The van der Waals surface area contributed by atoms with Crippen LogP contribution in [0.2, 0.25) is 0 Å². The Balaban J connectivity index is 1.29. The standard InChI is InChI=1S/C19H23N3O3/c23-17(16-11-12-5-1-4-8-15(12)21-16)20-9-10-22-18(24)13-6-2-3-7-14(13)19(22)25/h2-3,6-7,12,15-16,21H,1,4-5,8-11H2,(H,20,23). The van der Waals surface area contributed by atoms with Crippen molar-refractivity contribution in [1.29, 1.82) is 0 Å². The van der Waals surface area contributed by atoms with Crippen LogP contribution in [0.4, 0.5) is 0 Å². The van der Waals surface area contributed by atoms with Crippen LogP contribution in [-0.4, -0.2) is 47.8 Å². The van der Waals surface area contributed by atoms with Gasteiger partial charge in [-0.05, 0) is 37.3 Å². The van der Waals surface area contributed by atoms with E-state index in [2.05, 4.69) is 10.6 Å². The Bertz CT molecular complexity index is 669. The summed E-state index contributed by atoms with van der Waals surface area (Å²) in [5, 5.41) is 6.32. The number of fused-ring (bicyclic) bond motifs is 2. The van der Waals surface area contributed by atoms with E-state index >= 15 is 0 Å². The summed E-state index contributed by atoms with van der Waals surface area (Å²) in [4.78, 5) is 38.2. The molecule has 1 saturated heterocycles. The first-order valence-electron chi connectivity index (χ1n) is 9.14. The number of amides is 3. The van der Waals surface area contributed by atoms with Gasteiger partial charge in [-0.25, -0.2) is 0 Å². The van der Waals surface area contributed by atoms with Gasteiger partial charge >= 0.3 is 0 Å². The summed E-state index contributed by atoms with van der Waals surface area (Å²) in [5.41, 5.74) is 0.890. The van der Waals surface area contributed by atoms with Crippen LogP contribution in [0, 0.1) is 5.92 Å². The largest absolute Gasteiger partial charge is 0.353 e. The van der Waals surface area contributed by atoms with E-state index in [1.54, 1.807) is 24.3 Å². The minimum absolute atomic E-state index is 0.0222. The summed E-state index contributed by atoms with van der Waals surface area (Å²) in [6.07, 6.45) is 5.75. The quantitative estimate of drug-likeness (QED) is 0.810. The van der Waals surface area contributed by atoms with E-state index in [1.165, 1.54) is 24.2 Å². The Hall–Kier alpha value is -2.21. The first-order chi connectivity index (χ1) is 12.1. The normalized spacial score (nSPS) is 28.0. The number of carbonyl (C=O) groups excluding carboxylic acids is 3. The van der Waals surface area contributed by atoms with Crippen molar-refractivity contribution in [2.24, 2.45) is 5.92 Å². The molecule has 1 aromatic rings. The predicted octanol–water partition coefficient (Wildman–Crippen LogP) is 1.32. The highest BCUT2D eigenvalue weighted by molar-refractivity contribution is 6.21. The molecule has 1 aliphatic carbocycles. The molecule has 6 nitrogen and oxygen atoms in total. The number of hydrogen-bond donors (Lipinski definition) is 2. The Morgan fingerprint density at radius 3 is 2.48 bits per heavy atom. The summed E-state index contributed by atoms with van der Waals surface area (Å²) >= 11 is 0. The lowest BCUT2D eigenvalue weighted by atomic mass is 9.85. The minimum Gasteiger partial charge on any atom is -0.353 e. The van der Waals surface area contributed by atoms with Crippen LogP contribution in [0.25, 0.3) is 0 Å². The molecule has 2 fully saturated rings. The lowest BCUT2D eigenvalue weighted by molar-refractivity contribution is -0.122. The second-order valence-electron chi connectivity index (χ2n) is 7.20. The number of nitrogens with zero attached hydrogens (tertiary/aromatic N) is 1. The molecule has 3 unspecified atom stereocenters. The highest BCUT2D eigenvalue weighted by Crippen LogP contribution is 2.33. The topological polar surface area (TPSA) is 78.5 Å². The maximum Gasteiger partial charge on any atom is 0.261 e. The maximum atomic E-state index is 12.4. The summed E-state index contributed by atoms with van der Waals surface area (Å²) in [6.45, 7) is 0.496. The van der Waals surface area contributed by atoms with Gasteiger partial charge in [0.2, 0.25) is 5.91 Å². The van der Waals surface area contributed by atoms with Gasteiger partial charge in [0.25, 0.3) is 11.8 Å². The van der Waals surface area contributed by atoms with Gasteiger partial charge < -0.3 is 10.6 Å². The first-order valence-corrected chi connectivity index (χ1v) is 9.14. The van der Waals surface area contributed by atoms with Crippen LogP contribution in [0.5, 0.6) is 0 Å². The average Bonchev–Trinajstić information content (AvgIpc) is 3.17. The zero-order chi connectivity index (χ0) is 17.4. The van der Waals surface area contributed by atoms with Crippen molar-refractivity contribution in [3.05, 3.63) is 35.4 Å². The minimum atomic E-state index is -0.278. The van der Waals surface area contributed by atoms with Gasteiger partial charge in [0, 0.05) is 19.1 Å². The van der Waals surface area contributed by atoms with Gasteiger partial charge in [-0.1, -0.05) is 25.0 Å². The van der Waals surface area contributed by atoms with Gasteiger partial charge in [-0.3, -0.25) is 19.3 Å². The lowest BCUT2D eigenvalue weighted by Gasteiger charge is -2.24. The van der Waals surface area contributed by atoms with Crippen molar-refractivity contribution >= 4 is 17.7 Å². The Kier molecular flexibility index (Phi) is 4.29. The van der Waals surface area contributed by atoms with Gasteiger partial charge in [0.05, 0.1) is 17.2 Å². The average molecular weight is 341 g/mol. The van der Waals surface area contributed by atoms with Crippen LogP contribution in [0.3, 0.4) is 0 Å². The molecule has 0 spiro atoms. The van der Waals surface area contributed by atoms with Crippen molar-refractivity contribution < 1.29 is 14.4 Å². The number of nitrogens with one attached hydrogen (secondary N) is 2. The Morgan fingerprint density at radius 2 is 1.80 bits per heavy atom. The summed E-state index contributed by atoms with van der Waals surface area (Å²) in [7, 11) is 0. The Morgan fingerprint density at radius 1 is 1.12 bits per heavy atom. The third-order valence-electron chi connectivity index (χ3n) is 5.69. The van der Waals surface area contributed by atoms with Crippen LogP contribution in [0.15, 0.2) is 24.3 Å². The summed E-state index contributed by atoms with van der Waals surface area (Å²) in [6, 6.07) is 7.16. The van der Waals surface area contributed by atoms with Crippen molar-refractivity contribution in [3.8, 4) is 0 Å². The van der Waals surface area contributed by atoms with Gasteiger partial charge in [-0.2, -0.15) is 0 Å². The van der Waals surface area contributed by atoms with Crippen LogP contribution in [-0.2, 0) is 4.79 Å². The molecule has 0 bridgehead atoms. The van der Waals surface area contributed by atoms with Crippen molar-refractivity contribution in [3.63, 3.8) is 0 Å². The second-order valence-corrected chi connectivity index (χ2v) is 7.20. The van der Waals surface area contributed by atoms with Crippen LogP contribution < -0.4 is 10.6 Å². The number of carbonyl (C=O) groups is 3. The van der Waals surface area contributed by atoms with E-state index < -0.39 is 0 Å². The van der Waals surface area contributed by atoms with Crippen molar-refractivity contribution in [2.45, 2.75) is 44.2 Å². The molecule has 2 aliphatic heterocycles. The fourth-order valence-electron chi connectivity index (χ4n) is 4.38. The molecule has 4 rings (SSSR count). The van der Waals surface area contributed by atoms with E-state index in [0.29, 0.717) is 23.1 Å². The molecule has 0 aromatic heterocycles. The van der Waals surface area contributed by atoms with E-state index in [4.69, 9.17) is 0 Å². The Labute approximate surface area is 147 Å². The van der Waals surface area contributed by atoms with Gasteiger partial charge in [-0.15, -0.1) is 0 Å². The molecule has 132 valence electrons. The second kappa shape index (κ2) is 6.59.